The maximum absolute atomic E-state index is 12.6. The van der Waals surface area contributed by atoms with E-state index in [0.717, 1.165) is 51.4 Å². The van der Waals surface area contributed by atoms with Crippen LogP contribution in [-0.2, 0) is 27.9 Å². The summed E-state index contributed by atoms with van der Waals surface area (Å²) in [7, 11) is 1.35. The van der Waals surface area contributed by atoms with E-state index < -0.39 is 13.9 Å². The number of phosphoric acid groups is 1. The van der Waals surface area contributed by atoms with Gasteiger partial charge in [0.05, 0.1) is 34.4 Å². The molecule has 0 radical (unpaired) electrons. The SMILES string of the molecule is CCCCCCC/C=C\C/C=C\C/C=C\CCCCCCCCCCC(=O)OC(COCCCCCCCCCC)COP(=O)([O-])OCC[N+](C)(C)C. The zero-order valence-corrected chi connectivity index (χ0v) is 36.1. The van der Waals surface area contributed by atoms with Crippen LogP contribution in [0.4, 0.5) is 0 Å². The Bertz CT molecular complexity index is 947. The summed E-state index contributed by atoms with van der Waals surface area (Å²) in [6.45, 7) is 5.37. The normalized spacial score (nSPS) is 14.2. The minimum atomic E-state index is -4.52. The van der Waals surface area contributed by atoms with E-state index in [0.29, 0.717) is 24.1 Å². The number of hydrogen-bond acceptors (Lipinski definition) is 7. The summed E-state index contributed by atoms with van der Waals surface area (Å²) in [6.07, 6.45) is 43.0. The molecule has 0 bridgehead atoms. The van der Waals surface area contributed by atoms with Crippen LogP contribution < -0.4 is 4.89 Å². The van der Waals surface area contributed by atoms with Gasteiger partial charge in [0.25, 0.3) is 7.82 Å². The number of nitrogens with zero attached hydrogens (tertiary/aromatic N) is 1. The molecule has 8 nitrogen and oxygen atoms in total. The van der Waals surface area contributed by atoms with Crippen molar-refractivity contribution in [2.75, 3.05) is 54.1 Å². The smallest absolute Gasteiger partial charge is 0.306 e. The summed E-state index contributed by atoms with van der Waals surface area (Å²) < 4.78 is 34.4. The molecule has 9 heteroatoms. The van der Waals surface area contributed by atoms with E-state index in [1.807, 2.05) is 21.1 Å². The molecule has 0 saturated carbocycles. The molecule has 0 N–H and O–H groups in total. The van der Waals surface area contributed by atoms with Crippen molar-refractivity contribution in [3.8, 4) is 0 Å². The van der Waals surface area contributed by atoms with Crippen molar-refractivity contribution in [1.29, 1.82) is 0 Å². The van der Waals surface area contributed by atoms with Gasteiger partial charge in [-0.1, -0.05) is 159 Å². The van der Waals surface area contributed by atoms with Gasteiger partial charge < -0.3 is 27.9 Å². The van der Waals surface area contributed by atoms with Crippen LogP contribution in [0.3, 0.4) is 0 Å². The number of quaternary nitrogens is 1. The predicted molar refractivity (Wildman–Crippen MR) is 222 cm³/mol. The lowest BCUT2D eigenvalue weighted by Gasteiger charge is -2.28. The second kappa shape index (κ2) is 37.6. The molecule has 0 spiro atoms. The van der Waals surface area contributed by atoms with Gasteiger partial charge in [-0.25, -0.2) is 0 Å². The molecule has 53 heavy (non-hydrogen) atoms. The molecule has 2 unspecified atom stereocenters. The van der Waals surface area contributed by atoms with Crippen LogP contribution >= 0.6 is 7.82 Å². The fourth-order valence-corrected chi connectivity index (χ4v) is 6.52. The van der Waals surface area contributed by atoms with E-state index in [4.69, 9.17) is 18.5 Å². The number of rotatable bonds is 40. The lowest BCUT2D eigenvalue weighted by Crippen LogP contribution is -2.37. The molecule has 0 heterocycles. The summed E-state index contributed by atoms with van der Waals surface area (Å²) in [6, 6.07) is 0. The Balaban J connectivity index is 4.11. The van der Waals surface area contributed by atoms with Crippen molar-refractivity contribution >= 4 is 13.8 Å². The summed E-state index contributed by atoms with van der Waals surface area (Å²) in [5, 5.41) is 0. The van der Waals surface area contributed by atoms with E-state index in [1.54, 1.807) is 0 Å². The molecule has 0 aromatic heterocycles. The topological polar surface area (TPSA) is 94.1 Å². The van der Waals surface area contributed by atoms with Gasteiger partial charge in [0, 0.05) is 13.0 Å². The summed E-state index contributed by atoms with van der Waals surface area (Å²) in [5.74, 6) is -0.343. The third-order valence-corrected chi connectivity index (χ3v) is 10.2. The molecule has 0 saturated heterocycles. The highest BCUT2D eigenvalue weighted by Gasteiger charge is 2.20. The lowest BCUT2D eigenvalue weighted by atomic mass is 10.1. The Morgan fingerprint density at radius 2 is 1.04 bits per heavy atom. The fourth-order valence-electron chi connectivity index (χ4n) is 5.79. The molecule has 0 amide bonds. The molecular weight excluding hydrogens is 685 g/mol. The summed E-state index contributed by atoms with van der Waals surface area (Å²) in [5.41, 5.74) is 0. The Morgan fingerprint density at radius 1 is 0.585 bits per heavy atom. The van der Waals surface area contributed by atoms with Gasteiger partial charge in [0.15, 0.2) is 0 Å². The van der Waals surface area contributed by atoms with Crippen LogP contribution in [0.5, 0.6) is 0 Å². The maximum Gasteiger partial charge on any atom is 0.306 e. The van der Waals surface area contributed by atoms with Crippen LogP contribution in [0.25, 0.3) is 0 Å². The van der Waals surface area contributed by atoms with Gasteiger partial charge in [-0.15, -0.1) is 0 Å². The van der Waals surface area contributed by atoms with Gasteiger partial charge >= 0.3 is 5.97 Å². The quantitative estimate of drug-likeness (QED) is 0.0201. The molecule has 2 atom stereocenters. The standard InChI is InChI=1S/C44H84NO7P/c1-6-8-10-12-14-16-17-18-19-20-21-22-23-24-25-26-27-28-29-30-31-33-35-37-44(46)52-43(41-49-39-36-34-32-15-13-11-9-7-2)42-51-53(47,48)50-40-38-45(3,4)5/h17-18,20-21,23-24,43H,6-16,19,22,25-42H2,1-5H3/b18-17-,21-20-,24-23-. The second-order valence-corrected chi connectivity index (χ2v) is 17.1. The Morgan fingerprint density at radius 3 is 1.55 bits per heavy atom. The number of esters is 1. The highest BCUT2D eigenvalue weighted by Crippen LogP contribution is 2.38. The number of carbonyl (C=O) groups excluding carboxylic acids is 1. The first-order valence-corrected chi connectivity index (χ1v) is 23.2. The number of hydrogen-bond donors (Lipinski definition) is 0. The minimum absolute atomic E-state index is 0.0248. The van der Waals surface area contributed by atoms with Crippen LogP contribution in [0.15, 0.2) is 36.5 Å². The van der Waals surface area contributed by atoms with Crippen molar-refractivity contribution in [1.82, 2.24) is 0 Å². The third-order valence-electron chi connectivity index (χ3n) is 9.19. The average Bonchev–Trinajstić information content (AvgIpc) is 3.11. The van der Waals surface area contributed by atoms with Crippen LogP contribution in [-0.4, -0.2) is 70.7 Å². The Hall–Kier alpha value is -1.28. The van der Waals surface area contributed by atoms with Gasteiger partial charge in [0.2, 0.25) is 0 Å². The molecule has 0 aliphatic rings. The van der Waals surface area contributed by atoms with Crippen LogP contribution in [0.2, 0.25) is 0 Å². The van der Waals surface area contributed by atoms with E-state index >= 15 is 0 Å². The second-order valence-electron chi connectivity index (χ2n) is 15.7. The number of ether oxygens (including phenoxy) is 2. The molecule has 0 fully saturated rings. The lowest BCUT2D eigenvalue weighted by molar-refractivity contribution is -0.870. The first-order valence-electron chi connectivity index (χ1n) is 21.7. The summed E-state index contributed by atoms with van der Waals surface area (Å²) in [4.78, 5) is 25.0. The molecule has 0 aromatic rings. The van der Waals surface area contributed by atoms with Crippen LogP contribution in [0, 0.1) is 0 Å². The van der Waals surface area contributed by atoms with Gasteiger partial charge in [0.1, 0.15) is 19.3 Å². The van der Waals surface area contributed by atoms with Crippen LogP contribution in [0.1, 0.15) is 181 Å². The van der Waals surface area contributed by atoms with E-state index in [2.05, 4.69) is 50.3 Å². The number of unbranched alkanes of at least 4 members (excludes halogenated alkanes) is 20. The molecule has 0 aliphatic heterocycles. The van der Waals surface area contributed by atoms with Crippen molar-refractivity contribution < 1.29 is 37.3 Å². The number of allylic oxidation sites excluding steroid dienone is 6. The van der Waals surface area contributed by atoms with Gasteiger partial charge in [-0.2, -0.15) is 0 Å². The van der Waals surface area contributed by atoms with Crippen molar-refractivity contribution in [2.24, 2.45) is 0 Å². The largest absolute Gasteiger partial charge is 0.756 e. The highest BCUT2D eigenvalue weighted by molar-refractivity contribution is 7.45. The van der Waals surface area contributed by atoms with Crippen molar-refractivity contribution in [2.45, 2.75) is 187 Å². The predicted octanol–water partition coefficient (Wildman–Crippen LogP) is 12.0. The molecular formula is C44H84NO7P. The zero-order valence-electron chi connectivity index (χ0n) is 35.2. The van der Waals surface area contributed by atoms with Crippen molar-refractivity contribution in [3.05, 3.63) is 36.5 Å². The molecule has 0 rings (SSSR count). The molecule has 0 aromatic carbocycles. The average molecular weight is 770 g/mol. The number of likely N-dealkylation sites (N-methyl/N-ethyl adjacent to an activating group) is 1. The Labute approximate surface area is 327 Å². The summed E-state index contributed by atoms with van der Waals surface area (Å²) >= 11 is 0. The number of carbonyl (C=O) groups is 1. The minimum Gasteiger partial charge on any atom is -0.756 e. The monoisotopic (exact) mass is 770 g/mol. The maximum atomic E-state index is 12.6. The Kier molecular flexibility index (Phi) is 36.7. The first-order chi connectivity index (χ1) is 25.6. The van der Waals surface area contributed by atoms with E-state index in [9.17, 15) is 14.3 Å². The molecule has 312 valence electrons. The third kappa shape index (κ3) is 41.7. The van der Waals surface area contributed by atoms with Gasteiger partial charge in [-0.05, 0) is 51.4 Å². The first kappa shape index (κ1) is 51.7. The number of phosphoric ester groups is 1. The van der Waals surface area contributed by atoms with E-state index in [-0.39, 0.29) is 25.8 Å². The van der Waals surface area contributed by atoms with E-state index in [1.165, 1.54) is 109 Å². The zero-order chi connectivity index (χ0) is 39.1. The fraction of sp³-hybridized carbons (Fsp3) is 0.841. The van der Waals surface area contributed by atoms with Crippen molar-refractivity contribution in [3.63, 3.8) is 0 Å². The van der Waals surface area contributed by atoms with Gasteiger partial charge in [-0.3, -0.25) is 9.36 Å². The highest BCUT2D eigenvalue weighted by atomic mass is 31.2. The molecule has 0 aliphatic carbocycles.